The lowest BCUT2D eigenvalue weighted by atomic mass is 9.95. The number of H-pyrrole nitrogens is 1. The summed E-state index contributed by atoms with van der Waals surface area (Å²) in [6.45, 7) is 4.09. The van der Waals surface area contributed by atoms with Crippen LogP contribution in [0, 0.1) is 6.92 Å². The van der Waals surface area contributed by atoms with Gasteiger partial charge in [0.2, 0.25) is 0 Å². The number of benzene rings is 3. The minimum absolute atomic E-state index is 0.190. The predicted octanol–water partition coefficient (Wildman–Crippen LogP) is 5.97. The minimum atomic E-state index is -0.414. The standard InChI is InChI=1S/C27H22ClN3O3/c1-3-34-27(33)19-10-14-21(15-11-19)31-25(18-8-12-20(28)13-9-18)22-23(29-30-24(22)26(31)32)17-6-4-16(2)5-7-17/h4-15,25H,3H2,1-2H3,(H,29,30). The predicted molar refractivity (Wildman–Crippen MR) is 131 cm³/mol. The first-order chi connectivity index (χ1) is 16.5. The van der Waals surface area contributed by atoms with Crippen LogP contribution in [-0.2, 0) is 4.74 Å². The van der Waals surface area contributed by atoms with E-state index in [4.69, 9.17) is 16.3 Å². The van der Waals surface area contributed by atoms with Crippen LogP contribution in [0.5, 0.6) is 0 Å². The molecule has 1 unspecified atom stereocenters. The highest BCUT2D eigenvalue weighted by atomic mass is 35.5. The minimum Gasteiger partial charge on any atom is -0.462 e. The molecule has 0 saturated carbocycles. The van der Waals surface area contributed by atoms with Gasteiger partial charge in [-0.25, -0.2) is 4.79 Å². The van der Waals surface area contributed by atoms with E-state index in [1.165, 1.54) is 0 Å². The molecule has 1 N–H and O–H groups in total. The van der Waals surface area contributed by atoms with Crippen molar-refractivity contribution in [2.24, 2.45) is 0 Å². The first kappa shape index (κ1) is 21.9. The Labute approximate surface area is 202 Å². The van der Waals surface area contributed by atoms with Gasteiger partial charge in [0.15, 0.2) is 0 Å². The second-order valence-corrected chi connectivity index (χ2v) is 8.56. The Morgan fingerprint density at radius 2 is 1.71 bits per heavy atom. The van der Waals surface area contributed by atoms with Crippen molar-refractivity contribution in [3.63, 3.8) is 0 Å². The fraction of sp³-hybridized carbons (Fsp3) is 0.148. The third-order valence-electron chi connectivity index (χ3n) is 5.94. The number of aromatic nitrogens is 2. The van der Waals surface area contributed by atoms with Crippen LogP contribution in [0.3, 0.4) is 0 Å². The fourth-order valence-electron chi connectivity index (χ4n) is 4.28. The Morgan fingerprint density at radius 1 is 1.03 bits per heavy atom. The fourth-order valence-corrected chi connectivity index (χ4v) is 4.40. The monoisotopic (exact) mass is 471 g/mol. The van der Waals surface area contributed by atoms with Gasteiger partial charge in [-0.3, -0.25) is 14.8 Å². The molecule has 2 heterocycles. The lowest BCUT2D eigenvalue weighted by Crippen LogP contribution is -2.29. The van der Waals surface area contributed by atoms with Gasteiger partial charge < -0.3 is 4.74 Å². The van der Waals surface area contributed by atoms with Gasteiger partial charge in [0.1, 0.15) is 5.69 Å². The van der Waals surface area contributed by atoms with E-state index in [1.54, 1.807) is 36.1 Å². The highest BCUT2D eigenvalue weighted by molar-refractivity contribution is 6.30. The van der Waals surface area contributed by atoms with E-state index in [0.29, 0.717) is 28.6 Å². The molecule has 0 aliphatic carbocycles. The third kappa shape index (κ3) is 3.76. The number of nitrogens with one attached hydrogen (secondary N) is 1. The van der Waals surface area contributed by atoms with Crippen molar-refractivity contribution in [1.29, 1.82) is 0 Å². The number of anilines is 1. The maximum Gasteiger partial charge on any atom is 0.338 e. The van der Waals surface area contributed by atoms with Gasteiger partial charge >= 0.3 is 5.97 Å². The van der Waals surface area contributed by atoms with Crippen molar-refractivity contribution in [1.82, 2.24) is 10.2 Å². The summed E-state index contributed by atoms with van der Waals surface area (Å²) in [5.41, 5.74) is 6.06. The van der Waals surface area contributed by atoms with Crippen LogP contribution in [0.15, 0.2) is 72.8 Å². The van der Waals surface area contributed by atoms with Crippen LogP contribution in [0.25, 0.3) is 11.3 Å². The second-order valence-electron chi connectivity index (χ2n) is 8.12. The molecule has 7 heteroatoms. The van der Waals surface area contributed by atoms with Crippen molar-refractivity contribution in [2.75, 3.05) is 11.5 Å². The number of rotatable bonds is 5. The first-order valence-corrected chi connectivity index (χ1v) is 11.4. The van der Waals surface area contributed by atoms with Crippen molar-refractivity contribution in [3.05, 3.63) is 106 Å². The molecule has 6 nitrogen and oxygen atoms in total. The molecule has 4 aromatic rings. The normalized spacial score (nSPS) is 14.9. The zero-order chi connectivity index (χ0) is 23.8. The van der Waals surface area contributed by atoms with Crippen molar-refractivity contribution in [3.8, 4) is 11.3 Å². The lowest BCUT2D eigenvalue weighted by molar-refractivity contribution is 0.0526. The molecule has 1 aliphatic rings. The zero-order valence-electron chi connectivity index (χ0n) is 18.7. The van der Waals surface area contributed by atoms with Gasteiger partial charge in [-0.1, -0.05) is 53.6 Å². The number of carbonyl (C=O) groups is 2. The summed E-state index contributed by atoms with van der Waals surface area (Å²) < 4.78 is 5.08. The summed E-state index contributed by atoms with van der Waals surface area (Å²) in [4.78, 5) is 27.4. The molecule has 0 fully saturated rings. The van der Waals surface area contributed by atoms with E-state index in [0.717, 1.165) is 27.9 Å². The Kier molecular flexibility index (Phi) is 5.67. The Morgan fingerprint density at radius 3 is 2.35 bits per heavy atom. The average molecular weight is 472 g/mol. The molecule has 0 saturated heterocycles. The van der Waals surface area contributed by atoms with Crippen LogP contribution in [0.1, 0.15) is 50.5 Å². The Bertz CT molecular complexity index is 1360. The second kappa shape index (κ2) is 8.80. The lowest BCUT2D eigenvalue weighted by Gasteiger charge is -2.26. The summed E-state index contributed by atoms with van der Waals surface area (Å²) in [6.07, 6.45) is 0. The number of aryl methyl sites for hydroxylation is 1. The van der Waals surface area contributed by atoms with Crippen LogP contribution in [-0.4, -0.2) is 28.7 Å². The van der Waals surface area contributed by atoms with E-state index < -0.39 is 12.0 Å². The number of fused-ring (bicyclic) bond motifs is 1. The molecule has 170 valence electrons. The van der Waals surface area contributed by atoms with Gasteiger partial charge in [0.25, 0.3) is 5.91 Å². The van der Waals surface area contributed by atoms with Gasteiger partial charge in [0, 0.05) is 21.8 Å². The number of esters is 1. The summed E-state index contributed by atoms with van der Waals surface area (Å²) in [6, 6.07) is 22.0. The Balaban J connectivity index is 1.63. The number of hydrogen-bond donors (Lipinski definition) is 1. The smallest absolute Gasteiger partial charge is 0.338 e. The number of nitrogens with zero attached hydrogens (tertiary/aromatic N) is 2. The van der Waals surface area contributed by atoms with Crippen molar-refractivity contribution in [2.45, 2.75) is 19.9 Å². The number of aromatic amines is 1. The molecule has 0 radical (unpaired) electrons. The molecular weight excluding hydrogens is 450 g/mol. The molecule has 1 atom stereocenters. The van der Waals surface area contributed by atoms with Gasteiger partial charge in [-0.2, -0.15) is 5.10 Å². The number of carbonyl (C=O) groups excluding carboxylic acids is 2. The molecule has 34 heavy (non-hydrogen) atoms. The van der Waals surface area contributed by atoms with E-state index >= 15 is 0 Å². The quantitative estimate of drug-likeness (QED) is 0.364. The van der Waals surface area contributed by atoms with Crippen LogP contribution >= 0.6 is 11.6 Å². The molecule has 3 aromatic carbocycles. The van der Waals surface area contributed by atoms with Gasteiger partial charge in [-0.15, -0.1) is 0 Å². The summed E-state index contributed by atoms with van der Waals surface area (Å²) >= 11 is 6.15. The summed E-state index contributed by atoms with van der Waals surface area (Å²) in [7, 11) is 0. The zero-order valence-corrected chi connectivity index (χ0v) is 19.5. The molecule has 1 aromatic heterocycles. The van der Waals surface area contributed by atoms with Gasteiger partial charge in [-0.05, 0) is 55.8 Å². The molecule has 5 rings (SSSR count). The van der Waals surface area contributed by atoms with Crippen molar-refractivity contribution < 1.29 is 14.3 Å². The van der Waals surface area contributed by atoms with E-state index in [9.17, 15) is 9.59 Å². The summed E-state index contributed by atoms with van der Waals surface area (Å²) in [5.74, 6) is -0.586. The molecule has 0 spiro atoms. The number of amides is 1. The molecule has 0 bridgehead atoms. The Hall–Kier alpha value is -3.90. The first-order valence-electron chi connectivity index (χ1n) is 11.0. The molecule has 1 aliphatic heterocycles. The third-order valence-corrected chi connectivity index (χ3v) is 6.19. The van der Waals surface area contributed by atoms with Crippen LogP contribution in [0.2, 0.25) is 5.02 Å². The maximum absolute atomic E-state index is 13.6. The summed E-state index contributed by atoms with van der Waals surface area (Å²) in [5, 5.41) is 8.09. The van der Waals surface area contributed by atoms with Gasteiger partial charge in [0.05, 0.1) is 23.9 Å². The number of hydrogen-bond acceptors (Lipinski definition) is 4. The SMILES string of the molecule is CCOC(=O)c1ccc(N2C(=O)c3[nH]nc(-c4ccc(C)cc4)c3C2c2ccc(Cl)cc2)cc1. The molecule has 1 amide bonds. The van der Waals surface area contributed by atoms with Crippen molar-refractivity contribution >= 4 is 29.2 Å². The highest BCUT2D eigenvalue weighted by Crippen LogP contribution is 2.45. The number of halogens is 1. The van der Waals surface area contributed by atoms with E-state index in [2.05, 4.69) is 10.2 Å². The molecular formula is C27H22ClN3O3. The van der Waals surface area contributed by atoms with E-state index in [1.807, 2.05) is 55.5 Å². The maximum atomic E-state index is 13.6. The highest BCUT2D eigenvalue weighted by Gasteiger charge is 2.43. The topological polar surface area (TPSA) is 75.3 Å². The largest absolute Gasteiger partial charge is 0.462 e. The van der Waals surface area contributed by atoms with Crippen LogP contribution < -0.4 is 4.90 Å². The van der Waals surface area contributed by atoms with E-state index in [-0.39, 0.29) is 5.91 Å². The number of ether oxygens (including phenoxy) is 1. The average Bonchev–Trinajstić information content (AvgIpc) is 3.39. The van der Waals surface area contributed by atoms with Crippen LogP contribution in [0.4, 0.5) is 5.69 Å².